The maximum Gasteiger partial charge on any atom is 0.160 e. The van der Waals surface area contributed by atoms with Crippen LogP contribution >= 0.6 is 0 Å². The van der Waals surface area contributed by atoms with Crippen molar-refractivity contribution in [3.63, 3.8) is 0 Å². The quantitative estimate of drug-likeness (QED) is 0.822. The monoisotopic (exact) mass is 290 g/mol. The lowest BCUT2D eigenvalue weighted by Crippen LogP contribution is -2.39. The standard InChI is InChI=1S/C16H22N2O3/c1-12(2)8-16(11-20-3,13-9-17-18-10-13)21-15-6-4-5-14(19)7-15/h4-7,9-10,12,19H,8,11H2,1-3H3,(H,17,18). The predicted octanol–water partition coefficient (Wildman–Crippen LogP) is 3.08. The van der Waals surface area contributed by atoms with Crippen molar-refractivity contribution in [2.45, 2.75) is 25.9 Å². The summed E-state index contributed by atoms with van der Waals surface area (Å²) in [5.41, 5.74) is 0.297. The molecule has 1 atom stereocenters. The molecule has 2 aromatic rings. The van der Waals surface area contributed by atoms with Crippen LogP contribution in [0.2, 0.25) is 0 Å². The zero-order chi connectivity index (χ0) is 15.3. The summed E-state index contributed by atoms with van der Waals surface area (Å²) in [6.45, 7) is 4.67. The first kappa shape index (κ1) is 15.4. The first-order valence-electron chi connectivity index (χ1n) is 7.02. The second-order valence-electron chi connectivity index (χ2n) is 5.61. The molecule has 0 aliphatic heterocycles. The molecule has 114 valence electrons. The summed E-state index contributed by atoms with van der Waals surface area (Å²) >= 11 is 0. The highest BCUT2D eigenvalue weighted by Gasteiger charge is 2.36. The van der Waals surface area contributed by atoms with Crippen LogP contribution in [0.1, 0.15) is 25.8 Å². The number of methoxy groups -OCH3 is 1. The lowest BCUT2D eigenvalue weighted by molar-refractivity contribution is -0.0290. The first-order valence-corrected chi connectivity index (χ1v) is 7.02. The number of aromatic hydroxyl groups is 1. The Morgan fingerprint density at radius 3 is 2.76 bits per heavy atom. The van der Waals surface area contributed by atoms with E-state index in [4.69, 9.17) is 9.47 Å². The van der Waals surface area contributed by atoms with Gasteiger partial charge < -0.3 is 14.6 Å². The number of rotatable bonds is 7. The molecule has 0 amide bonds. The van der Waals surface area contributed by atoms with Crippen molar-refractivity contribution in [2.75, 3.05) is 13.7 Å². The van der Waals surface area contributed by atoms with Gasteiger partial charge in [0.1, 0.15) is 11.5 Å². The number of nitrogens with zero attached hydrogens (tertiary/aromatic N) is 1. The summed E-state index contributed by atoms with van der Waals surface area (Å²) in [4.78, 5) is 0. The van der Waals surface area contributed by atoms with E-state index in [9.17, 15) is 5.11 Å². The third kappa shape index (κ3) is 3.76. The molecule has 0 saturated carbocycles. The summed E-state index contributed by atoms with van der Waals surface area (Å²) in [5, 5.41) is 16.5. The highest BCUT2D eigenvalue weighted by molar-refractivity contribution is 5.33. The molecule has 1 aromatic carbocycles. The smallest absolute Gasteiger partial charge is 0.160 e. The summed E-state index contributed by atoms with van der Waals surface area (Å²) in [7, 11) is 1.65. The van der Waals surface area contributed by atoms with Crippen molar-refractivity contribution >= 4 is 0 Å². The number of nitrogens with one attached hydrogen (secondary N) is 1. The lowest BCUT2D eigenvalue weighted by Gasteiger charge is -2.34. The molecular weight excluding hydrogens is 268 g/mol. The largest absolute Gasteiger partial charge is 0.508 e. The van der Waals surface area contributed by atoms with Gasteiger partial charge in [0.05, 0.1) is 12.8 Å². The fraction of sp³-hybridized carbons (Fsp3) is 0.438. The van der Waals surface area contributed by atoms with Crippen LogP contribution < -0.4 is 4.74 Å². The molecule has 0 radical (unpaired) electrons. The van der Waals surface area contributed by atoms with Crippen LogP contribution in [-0.2, 0) is 10.3 Å². The second kappa shape index (κ2) is 6.63. The third-order valence-electron chi connectivity index (χ3n) is 3.27. The van der Waals surface area contributed by atoms with Crippen molar-refractivity contribution in [2.24, 2.45) is 5.92 Å². The molecule has 5 heteroatoms. The minimum absolute atomic E-state index is 0.176. The van der Waals surface area contributed by atoms with E-state index in [1.165, 1.54) is 0 Å². The van der Waals surface area contributed by atoms with Crippen molar-refractivity contribution in [3.8, 4) is 11.5 Å². The number of benzene rings is 1. The maximum absolute atomic E-state index is 9.62. The average Bonchev–Trinajstić information content (AvgIpc) is 2.92. The molecule has 2 N–H and O–H groups in total. The van der Waals surface area contributed by atoms with Gasteiger partial charge in [0.25, 0.3) is 0 Å². The van der Waals surface area contributed by atoms with Crippen LogP contribution in [0, 0.1) is 5.92 Å². The topological polar surface area (TPSA) is 67.4 Å². The zero-order valence-electron chi connectivity index (χ0n) is 12.7. The van der Waals surface area contributed by atoms with Crippen LogP contribution in [0.3, 0.4) is 0 Å². The fourth-order valence-corrected chi connectivity index (χ4v) is 2.56. The zero-order valence-corrected chi connectivity index (χ0v) is 12.7. The summed E-state index contributed by atoms with van der Waals surface area (Å²) < 4.78 is 11.6. The van der Waals surface area contributed by atoms with Gasteiger partial charge in [0, 0.05) is 24.9 Å². The van der Waals surface area contributed by atoms with Crippen LogP contribution in [0.15, 0.2) is 36.7 Å². The fourth-order valence-electron chi connectivity index (χ4n) is 2.56. The molecule has 1 heterocycles. The van der Waals surface area contributed by atoms with E-state index >= 15 is 0 Å². The van der Waals surface area contributed by atoms with Crippen molar-refractivity contribution in [1.29, 1.82) is 0 Å². The van der Waals surface area contributed by atoms with E-state index < -0.39 is 5.60 Å². The van der Waals surface area contributed by atoms with Crippen LogP contribution in [0.4, 0.5) is 0 Å². The summed E-state index contributed by atoms with van der Waals surface area (Å²) in [5.74, 6) is 1.19. The first-order chi connectivity index (χ1) is 10.1. The Balaban J connectivity index is 2.38. The lowest BCUT2D eigenvalue weighted by atomic mass is 9.87. The number of phenols is 1. The molecule has 0 saturated heterocycles. The molecule has 2 rings (SSSR count). The van der Waals surface area contributed by atoms with Gasteiger partial charge in [-0.15, -0.1) is 0 Å². The number of hydrogen-bond acceptors (Lipinski definition) is 4. The van der Waals surface area contributed by atoms with Crippen LogP contribution in [0.25, 0.3) is 0 Å². The van der Waals surface area contributed by atoms with E-state index in [1.807, 2.05) is 12.3 Å². The third-order valence-corrected chi connectivity index (χ3v) is 3.27. The molecule has 21 heavy (non-hydrogen) atoms. The minimum atomic E-state index is -0.635. The van der Waals surface area contributed by atoms with Crippen molar-refractivity contribution < 1.29 is 14.6 Å². The Hall–Kier alpha value is -2.01. The Morgan fingerprint density at radius 2 is 2.19 bits per heavy atom. The van der Waals surface area contributed by atoms with Crippen molar-refractivity contribution in [1.82, 2.24) is 10.2 Å². The van der Waals surface area contributed by atoms with Gasteiger partial charge >= 0.3 is 0 Å². The Labute approximate surface area is 124 Å². The second-order valence-corrected chi connectivity index (χ2v) is 5.61. The van der Waals surface area contributed by atoms with E-state index in [1.54, 1.807) is 31.5 Å². The summed E-state index contributed by atoms with van der Waals surface area (Å²) in [6.07, 6.45) is 4.35. The van der Waals surface area contributed by atoms with Gasteiger partial charge in [0.15, 0.2) is 5.60 Å². The van der Waals surface area contributed by atoms with E-state index in [-0.39, 0.29) is 5.75 Å². The Morgan fingerprint density at radius 1 is 1.38 bits per heavy atom. The molecule has 1 aromatic heterocycles. The molecule has 0 fully saturated rings. The predicted molar refractivity (Wildman–Crippen MR) is 80.3 cm³/mol. The van der Waals surface area contributed by atoms with Crippen LogP contribution in [0.5, 0.6) is 11.5 Å². The van der Waals surface area contributed by atoms with Crippen LogP contribution in [-0.4, -0.2) is 29.0 Å². The average molecular weight is 290 g/mol. The molecule has 1 unspecified atom stereocenters. The number of phenolic OH excluding ortho intramolecular Hbond substituents is 1. The Bertz CT molecular complexity index is 554. The van der Waals surface area contributed by atoms with Crippen molar-refractivity contribution in [3.05, 3.63) is 42.2 Å². The van der Waals surface area contributed by atoms with Gasteiger partial charge in [-0.1, -0.05) is 19.9 Å². The normalized spacial score (nSPS) is 14.1. The van der Waals surface area contributed by atoms with Gasteiger partial charge in [-0.05, 0) is 24.5 Å². The number of aromatic amines is 1. The highest BCUT2D eigenvalue weighted by Crippen LogP contribution is 2.35. The molecule has 0 aliphatic rings. The Kier molecular flexibility index (Phi) is 4.85. The molecule has 0 bridgehead atoms. The number of H-pyrrole nitrogens is 1. The highest BCUT2D eigenvalue weighted by atomic mass is 16.5. The van der Waals surface area contributed by atoms with E-state index in [0.717, 1.165) is 12.0 Å². The van der Waals surface area contributed by atoms with Gasteiger partial charge in [-0.2, -0.15) is 5.10 Å². The molecule has 5 nitrogen and oxygen atoms in total. The molecule has 0 aliphatic carbocycles. The molecular formula is C16H22N2O3. The van der Waals surface area contributed by atoms with Gasteiger partial charge in [-0.25, -0.2) is 0 Å². The number of hydrogen-bond donors (Lipinski definition) is 2. The maximum atomic E-state index is 9.62. The number of ether oxygens (including phenoxy) is 2. The molecule has 0 spiro atoms. The van der Waals surface area contributed by atoms with E-state index in [2.05, 4.69) is 24.0 Å². The minimum Gasteiger partial charge on any atom is -0.508 e. The summed E-state index contributed by atoms with van der Waals surface area (Å²) in [6, 6.07) is 6.80. The number of aromatic nitrogens is 2. The van der Waals surface area contributed by atoms with Gasteiger partial charge in [-0.3, -0.25) is 5.10 Å². The van der Waals surface area contributed by atoms with Gasteiger partial charge in [0.2, 0.25) is 0 Å². The van der Waals surface area contributed by atoms with E-state index in [0.29, 0.717) is 18.3 Å². The SMILES string of the molecule is COCC(CC(C)C)(Oc1cccc(O)c1)c1cn[nH]c1.